The highest BCUT2D eigenvalue weighted by Gasteiger charge is 2.19. The maximum Gasteiger partial charge on any atom is 0.128 e. The van der Waals surface area contributed by atoms with Gasteiger partial charge in [0, 0.05) is 47.4 Å². The van der Waals surface area contributed by atoms with Crippen LogP contribution in [0.4, 0.5) is 4.39 Å². The van der Waals surface area contributed by atoms with Crippen molar-refractivity contribution in [2.45, 2.75) is 25.1 Å². The Hall–Kier alpha value is -0.390. The van der Waals surface area contributed by atoms with Crippen LogP contribution in [0.3, 0.4) is 0 Å². The summed E-state index contributed by atoms with van der Waals surface area (Å²) in [7, 11) is 0. The fourth-order valence-electron chi connectivity index (χ4n) is 2.62. The number of benzene rings is 1. The fraction of sp³-hybridized carbons (Fsp3) is 0.533. The number of nitrogens with zero attached hydrogens (tertiary/aromatic N) is 2. The van der Waals surface area contributed by atoms with Gasteiger partial charge in [-0.3, -0.25) is 0 Å². The summed E-state index contributed by atoms with van der Waals surface area (Å²) < 4.78 is 16.0. The van der Waals surface area contributed by atoms with E-state index in [2.05, 4.69) is 9.55 Å². The monoisotopic (exact) mass is 344 g/mol. The first-order valence-corrected chi connectivity index (χ1v) is 9.83. The Labute approximate surface area is 137 Å². The SMILES string of the molecule is Cc1cc2c(cc1F)nc(CCCl)n2CC1CSCCS1. The molecule has 0 amide bonds. The summed E-state index contributed by atoms with van der Waals surface area (Å²) in [5, 5.41) is 0.598. The maximum absolute atomic E-state index is 13.8. The van der Waals surface area contributed by atoms with Crippen LogP contribution < -0.4 is 0 Å². The summed E-state index contributed by atoms with van der Waals surface area (Å²) in [6, 6.07) is 3.46. The van der Waals surface area contributed by atoms with Gasteiger partial charge in [-0.15, -0.1) is 11.6 Å². The molecular weight excluding hydrogens is 327 g/mol. The standard InChI is InChI=1S/C15H18ClFN2S2/c1-10-6-14-13(7-12(10)17)18-15(2-3-16)19(14)8-11-9-20-4-5-21-11/h6-7,11H,2-5,8-9H2,1H3. The molecule has 3 rings (SSSR count). The van der Waals surface area contributed by atoms with Gasteiger partial charge >= 0.3 is 0 Å². The molecule has 1 aliphatic heterocycles. The number of imidazole rings is 1. The molecule has 1 saturated heterocycles. The van der Waals surface area contributed by atoms with Crippen LogP contribution in [0.15, 0.2) is 12.1 Å². The fourth-order valence-corrected chi connectivity index (χ4v) is 5.45. The lowest BCUT2D eigenvalue weighted by Crippen LogP contribution is -2.21. The molecule has 1 unspecified atom stereocenters. The van der Waals surface area contributed by atoms with Gasteiger partial charge in [0.2, 0.25) is 0 Å². The molecule has 1 aromatic heterocycles. The van der Waals surface area contributed by atoms with E-state index in [0.29, 0.717) is 16.7 Å². The van der Waals surface area contributed by atoms with Crippen molar-refractivity contribution in [1.82, 2.24) is 9.55 Å². The molecule has 1 aliphatic rings. The Bertz CT molecular complexity index is 638. The quantitative estimate of drug-likeness (QED) is 0.777. The van der Waals surface area contributed by atoms with Crippen molar-refractivity contribution >= 4 is 46.2 Å². The van der Waals surface area contributed by atoms with Gasteiger partial charge in [-0.05, 0) is 18.6 Å². The molecule has 1 atom stereocenters. The molecule has 2 nitrogen and oxygen atoms in total. The lowest BCUT2D eigenvalue weighted by Gasteiger charge is -2.22. The molecule has 1 aromatic carbocycles. The highest BCUT2D eigenvalue weighted by atomic mass is 35.5. The van der Waals surface area contributed by atoms with Crippen LogP contribution in [-0.2, 0) is 13.0 Å². The van der Waals surface area contributed by atoms with Crippen molar-refractivity contribution in [1.29, 1.82) is 0 Å². The first kappa shape index (κ1) is 15.5. The van der Waals surface area contributed by atoms with E-state index in [9.17, 15) is 4.39 Å². The molecule has 0 spiro atoms. The Balaban J connectivity index is 2.00. The van der Waals surface area contributed by atoms with Gasteiger partial charge in [-0.25, -0.2) is 9.37 Å². The van der Waals surface area contributed by atoms with E-state index in [1.54, 1.807) is 13.0 Å². The molecule has 2 heterocycles. The van der Waals surface area contributed by atoms with Gasteiger partial charge in [0.25, 0.3) is 0 Å². The Morgan fingerprint density at radius 1 is 1.43 bits per heavy atom. The first-order valence-electron chi connectivity index (χ1n) is 7.09. The average molecular weight is 345 g/mol. The highest BCUT2D eigenvalue weighted by Crippen LogP contribution is 2.28. The molecule has 21 heavy (non-hydrogen) atoms. The molecule has 0 saturated carbocycles. The number of alkyl halides is 1. The molecule has 0 radical (unpaired) electrons. The van der Waals surface area contributed by atoms with Crippen LogP contribution in [0.5, 0.6) is 0 Å². The average Bonchev–Trinajstić information content (AvgIpc) is 2.79. The molecule has 6 heteroatoms. The van der Waals surface area contributed by atoms with Gasteiger partial charge in [0.05, 0.1) is 11.0 Å². The maximum atomic E-state index is 13.8. The van der Waals surface area contributed by atoms with Crippen LogP contribution in [0.25, 0.3) is 11.0 Å². The van der Waals surface area contributed by atoms with E-state index >= 15 is 0 Å². The molecule has 1 fully saturated rings. The van der Waals surface area contributed by atoms with Gasteiger partial charge in [0.15, 0.2) is 0 Å². The minimum atomic E-state index is -0.188. The number of fused-ring (bicyclic) bond motifs is 1. The summed E-state index contributed by atoms with van der Waals surface area (Å²) in [5.41, 5.74) is 2.45. The van der Waals surface area contributed by atoms with Crippen LogP contribution in [0.1, 0.15) is 11.4 Å². The minimum absolute atomic E-state index is 0.188. The molecule has 0 bridgehead atoms. The molecule has 2 aromatic rings. The normalized spacial score (nSPS) is 19.3. The first-order chi connectivity index (χ1) is 10.2. The number of halogens is 2. The number of aromatic nitrogens is 2. The zero-order chi connectivity index (χ0) is 14.8. The number of aryl methyl sites for hydroxylation is 2. The van der Waals surface area contributed by atoms with Gasteiger partial charge in [-0.1, -0.05) is 0 Å². The van der Waals surface area contributed by atoms with E-state index < -0.39 is 0 Å². The predicted octanol–water partition coefficient (Wildman–Crippen LogP) is 4.11. The minimum Gasteiger partial charge on any atom is -0.327 e. The topological polar surface area (TPSA) is 17.8 Å². The molecular formula is C15H18ClFN2S2. The van der Waals surface area contributed by atoms with Crippen molar-refractivity contribution in [2.75, 3.05) is 23.1 Å². The van der Waals surface area contributed by atoms with E-state index in [-0.39, 0.29) is 5.82 Å². The van der Waals surface area contributed by atoms with E-state index in [1.807, 2.05) is 29.6 Å². The van der Waals surface area contributed by atoms with Crippen LogP contribution in [-0.4, -0.2) is 37.9 Å². The molecule has 0 N–H and O–H groups in total. The van der Waals surface area contributed by atoms with Crippen molar-refractivity contribution in [3.05, 3.63) is 29.3 Å². The van der Waals surface area contributed by atoms with Crippen LogP contribution >= 0.6 is 35.1 Å². The van der Waals surface area contributed by atoms with Crippen LogP contribution in [0.2, 0.25) is 0 Å². The predicted molar refractivity (Wildman–Crippen MR) is 92.4 cm³/mol. The van der Waals surface area contributed by atoms with Crippen molar-refractivity contribution in [3.63, 3.8) is 0 Å². The number of hydrogen-bond acceptors (Lipinski definition) is 3. The highest BCUT2D eigenvalue weighted by molar-refractivity contribution is 8.06. The second-order valence-electron chi connectivity index (χ2n) is 5.24. The Kier molecular flexibility index (Phi) is 5.02. The third kappa shape index (κ3) is 3.35. The Morgan fingerprint density at radius 2 is 2.29 bits per heavy atom. The molecule has 114 valence electrons. The van der Waals surface area contributed by atoms with Crippen molar-refractivity contribution < 1.29 is 4.39 Å². The summed E-state index contributed by atoms with van der Waals surface area (Å²) in [6.07, 6.45) is 0.724. The largest absolute Gasteiger partial charge is 0.327 e. The van der Waals surface area contributed by atoms with E-state index in [0.717, 1.165) is 29.8 Å². The number of rotatable bonds is 4. The number of hydrogen-bond donors (Lipinski definition) is 0. The zero-order valence-electron chi connectivity index (χ0n) is 11.9. The summed E-state index contributed by atoms with van der Waals surface area (Å²) in [5.74, 6) is 4.95. The third-order valence-corrected chi connectivity index (χ3v) is 6.71. The Morgan fingerprint density at radius 3 is 3.00 bits per heavy atom. The van der Waals surface area contributed by atoms with E-state index in [4.69, 9.17) is 11.6 Å². The second-order valence-corrected chi connectivity index (χ2v) is 8.17. The molecule has 0 aliphatic carbocycles. The van der Waals surface area contributed by atoms with Crippen LogP contribution in [0, 0.1) is 12.7 Å². The summed E-state index contributed by atoms with van der Waals surface area (Å²) >= 11 is 9.95. The van der Waals surface area contributed by atoms with E-state index in [1.165, 1.54) is 17.3 Å². The van der Waals surface area contributed by atoms with Gasteiger partial charge in [0.1, 0.15) is 11.6 Å². The lowest BCUT2D eigenvalue weighted by molar-refractivity contribution is 0.620. The van der Waals surface area contributed by atoms with Gasteiger partial charge in [-0.2, -0.15) is 23.5 Å². The second kappa shape index (κ2) is 6.80. The number of thioether (sulfide) groups is 2. The summed E-state index contributed by atoms with van der Waals surface area (Å²) in [4.78, 5) is 4.59. The smallest absolute Gasteiger partial charge is 0.128 e. The van der Waals surface area contributed by atoms with Crippen molar-refractivity contribution in [2.24, 2.45) is 0 Å². The lowest BCUT2D eigenvalue weighted by atomic mass is 10.2. The van der Waals surface area contributed by atoms with Crippen molar-refractivity contribution in [3.8, 4) is 0 Å². The summed E-state index contributed by atoms with van der Waals surface area (Å²) in [6.45, 7) is 2.74. The zero-order valence-corrected chi connectivity index (χ0v) is 14.3. The van der Waals surface area contributed by atoms with Gasteiger partial charge < -0.3 is 4.57 Å². The third-order valence-electron chi connectivity index (χ3n) is 3.70.